The minimum atomic E-state index is -0.361. The molecule has 0 saturated heterocycles. The summed E-state index contributed by atoms with van der Waals surface area (Å²) in [5.41, 5.74) is 2.85. The van der Waals surface area contributed by atoms with E-state index in [0.29, 0.717) is 0 Å². The summed E-state index contributed by atoms with van der Waals surface area (Å²) in [5.74, 6) is 0. The number of carbonyl (C=O) groups excluding carboxylic acids is 1. The van der Waals surface area contributed by atoms with Gasteiger partial charge in [0.1, 0.15) is 0 Å². The number of fused-ring (bicyclic) bond motifs is 1. The Bertz CT molecular complexity index is 213. The molecule has 2 heteroatoms. The quantitative estimate of drug-likeness (QED) is 0.533. The van der Waals surface area contributed by atoms with E-state index in [1.165, 1.54) is 18.1 Å². The molecule has 2 aliphatic rings. The van der Waals surface area contributed by atoms with Crippen molar-refractivity contribution in [3.63, 3.8) is 0 Å². The molecule has 0 aromatic carbocycles. The van der Waals surface area contributed by atoms with Crippen molar-refractivity contribution in [3.8, 4) is 11.1 Å². The van der Waals surface area contributed by atoms with Crippen molar-refractivity contribution in [2.75, 3.05) is 0 Å². The van der Waals surface area contributed by atoms with Gasteiger partial charge in [-0.05, 0) is 22.7 Å². The van der Waals surface area contributed by atoms with Crippen LogP contribution in [-0.4, -0.2) is 5.24 Å². The zero-order valence-corrected chi connectivity index (χ0v) is 6.35. The molecule has 0 atom stereocenters. The van der Waals surface area contributed by atoms with Gasteiger partial charge in [0.15, 0.2) is 0 Å². The van der Waals surface area contributed by atoms with Crippen LogP contribution in [0.25, 0.3) is 11.1 Å². The maximum Gasteiger partial charge on any atom is 0.218 e. The Morgan fingerprint density at radius 1 is 1.20 bits per heavy atom. The largest absolute Gasteiger partial charge is 0.282 e. The lowest BCUT2D eigenvalue weighted by Crippen LogP contribution is -1.85. The highest BCUT2D eigenvalue weighted by Gasteiger charge is 2.03. The summed E-state index contributed by atoms with van der Waals surface area (Å²) < 4.78 is 0. The lowest BCUT2D eigenvalue weighted by molar-refractivity contribution is -0.109. The monoisotopic (exact) mass is 154 g/mol. The Balaban J connectivity index is 0.000000112. The van der Waals surface area contributed by atoms with Gasteiger partial charge in [-0.15, -0.1) is 0 Å². The van der Waals surface area contributed by atoms with Gasteiger partial charge in [0.2, 0.25) is 5.24 Å². The molecule has 2 aliphatic carbocycles. The van der Waals surface area contributed by atoms with Crippen LogP contribution < -0.4 is 0 Å². The number of rotatable bonds is 0. The molecule has 1 nitrogen and oxygen atoms in total. The van der Waals surface area contributed by atoms with Gasteiger partial charge in [-0.25, -0.2) is 0 Å². The van der Waals surface area contributed by atoms with E-state index in [9.17, 15) is 4.79 Å². The second-order valence-electron chi connectivity index (χ2n) is 2.05. The van der Waals surface area contributed by atoms with Crippen molar-refractivity contribution in [1.82, 2.24) is 0 Å². The fraction of sp³-hybridized carbons (Fsp3) is 0.125. The van der Waals surface area contributed by atoms with E-state index in [0.717, 1.165) is 0 Å². The van der Waals surface area contributed by atoms with Crippen LogP contribution in [0.5, 0.6) is 0 Å². The smallest absolute Gasteiger partial charge is 0.218 e. The van der Waals surface area contributed by atoms with E-state index in [4.69, 9.17) is 0 Å². The van der Waals surface area contributed by atoms with Crippen molar-refractivity contribution in [1.29, 1.82) is 0 Å². The van der Waals surface area contributed by atoms with Crippen LogP contribution in [0.2, 0.25) is 0 Å². The zero-order chi connectivity index (χ0) is 7.56. The molecule has 0 saturated carbocycles. The van der Waals surface area contributed by atoms with Gasteiger partial charge in [-0.1, -0.05) is 24.3 Å². The van der Waals surface area contributed by atoms with Crippen molar-refractivity contribution in [3.05, 3.63) is 24.3 Å². The molecule has 2 rings (SSSR count). The summed E-state index contributed by atoms with van der Waals surface area (Å²) in [7, 11) is 0. The van der Waals surface area contributed by atoms with Gasteiger partial charge in [0, 0.05) is 6.92 Å². The first-order chi connectivity index (χ1) is 4.70. The van der Waals surface area contributed by atoms with Crippen molar-refractivity contribution in [2.24, 2.45) is 0 Å². The summed E-state index contributed by atoms with van der Waals surface area (Å²) in [4.78, 5) is 9.21. The molecule has 0 aliphatic heterocycles. The maximum atomic E-state index is 9.21. The number of halogens is 1. The van der Waals surface area contributed by atoms with Crippen molar-refractivity contribution >= 4 is 16.8 Å². The first-order valence-corrected chi connectivity index (χ1v) is 3.34. The Labute approximate surface area is 64.6 Å². The van der Waals surface area contributed by atoms with E-state index >= 15 is 0 Å². The van der Waals surface area contributed by atoms with Gasteiger partial charge in [-0.3, -0.25) is 4.79 Å². The molecular weight excluding hydrogens is 148 g/mol. The van der Waals surface area contributed by atoms with E-state index in [1.807, 2.05) is 0 Å². The predicted octanol–water partition coefficient (Wildman–Crippen LogP) is 2.44. The third-order valence-electron chi connectivity index (χ3n) is 1.22. The molecule has 0 fully saturated rings. The van der Waals surface area contributed by atoms with Crippen LogP contribution in [-0.2, 0) is 4.79 Å². The highest BCUT2D eigenvalue weighted by Crippen LogP contribution is 2.29. The van der Waals surface area contributed by atoms with Crippen LogP contribution in [0, 0.1) is 0 Å². The highest BCUT2D eigenvalue weighted by molar-refractivity contribution is 6.62. The maximum absolute atomic E-state index is 9.21. The average Bonchev–Trinajstić information content (AvgIpc) is 1.77. The molecule has 10 heavy (non-hydrogen) atoms. The van der Waals surface area contributed by atoms with E-state index in [2.05, 4.69) is 35.9 Å². The molecule has 0 heterocycles. The summed E-state index contributed by atoms with van der Waals surface area (Å²) in [5, 5.41) is -0.361. The molecule has 0 radical (unpaired) electrons. The van der Waals surface area contributed by atoms with Gasteiger partial charge in [0.25, 0.3) is 0 Å². The minimum Gasteiger partial charge on any atom is -0.282 e. The fourth-order valence-electron chi connectivity index (χ4n) is 0.663. The van der Waals surface area contributed by atoms with E-state index in [-0.39, 0.29) is 5.24 Å². The average molecular weight is 155 g/mol. The van der Waals surface area contributed by atoms with Crippen molar-refractivity contribution < 1.29 is 4.79 Å². The lowest BCUT2D eigenvalue weighted by Gasteiger charge is -2.10. The summed E-state index contributed by atoms with van der Waals surface area (Å²) in [6.07, 6.45) is 0. The van der Waals surface area contributed by atoms with Crippen LogP contribution in [0.3, 0.4) is 0 Å². The van der Waals surface area contributed by atoms with Gasteiger partial charge < -0.3 is 0 Å². The van der Waals surface area contributed by atoms with Crippen LogP contribution >= 0.6 is 11.6 Å². The second-order valence-corrected chi connectivity index (χ2v) is 2.58. The molecule has 0 N–H and O–H groups in total. The summed E-state index contributed by atoms with van der Waals surface area (Å²) >= 11 is 4.64. The molecule has 0 aromatic heterocycles. The summed E-state index contributed by atoms with van der Waals surface area (Å²) in [6, 6.07) is 8.48. The SMILES string of the molecule is CC(=O)Cl.c1cc2ccc1-2. The number of hydrogen-bond donors (Lipinski definition) is 0. The second kappa shape index (κ2) is 2.84. The first kappa shape index (κ1) is 7.29. The number of carbonyl (C=O) groups is 1. The zero-order valence-electron chi connectivity index (χ0n) is 5.60. The molecular formula is C8H7ClO. The fourth-order valence-corrected chi connectivity index (χ4v) is 0.663. The first-order valence-electron chi connectivity index (χ1n) is 2.96. The number of hydrogen-bond acceptors (Lipinski definition) is 1. The van der Waals surface area contributed by atoms with Crippen LogP contribution in [0.1, 0.15) is 6.92 Å². The Morgan fingerprint density at radius 3 is 1.40 bits per heavy atom. The Hall–Kier alpha value is -0.820. The molecule has 0 amide bonds. The van der Waals surface area contributed by atoms with Gasteiger partial charge >= 0.3 is 0 Å². The predicted molar refractivity (Wildman–Crippen MR) is 42.0 cm³/mol. The third kappa shape index (κ3) is 1.58. The molecule has 52 valence electrons. The minimum absolute atomic E-state index is 0.361. The summed E-state index contributed by atoms with van der Waals surface area (Å²) in [6.45, 7) is 1.29. The van der Waals surface area contributed by atoms with Crippen LogP contribution in [0.4, 0.5) is 0 Å². The Morgan fingerprint density at radius 2 is 1.40 bits per heavy atom. The van der Waals surface area contributed by atoms with E-state index < -0.39 is 0 Å². The molecule has 0 bridgehead atoms. The van der Waals surface area contributed by atoms with E-state index in [1.54, 1.807) is 0 Å². The van der Waals surface area contributed by atoms with Crippen LogP contribution in [0.15, 0.2) is 24.3 Å². The van der Waals surface area contributed by atoms with Crippen molar-refractivity contribution in [2.45, 2.75) is 6.92 Å². The molecule has 0 aromatic rings. The third-order valence-corrected chi connectivity index (χ3v) is 1.22. The molecule has 0 spiro atoms. The molecule has 0 unspecified atom stereocenters. The standard InChI is InChI=1S/C6H4.C2H3ClO/c1-2-6-4-3-5(1)6;1-2(3)4/h1-4H;1H3. The highest BCUT2D eigenvalue weighted by atomic mass is 35.5. The van der Waals surface area contributed by atoms with Gasteiger partial charge in [-0.2, -0.15) is 0 Å². The normalized spacial score (nSPS) is 9.40. The number of benzene rings is 1. The van der Waals surface area contributed by atoms with Gasteiger partial charge in [0.05, 0.1) is 0 Å². The Kier molecular flexibility index (Phi) is 2.07. The lowest BCUT2D eigenvalue weighted by atomic mass is 9.95. The topological polar surface area (TPSA) is 17.1 Å².